The molecule has 0 atom stereocenters. The Labute approximate surface area is 157 Å². The van der Waals surface area contributed by atoms with Crippen LogP contribution in [0.2, 0.25) is 5.02 Å². The fraction of sp³-hybridized carbons (Fsp3) is 0.316. The van der Waals surface area contributed by atoms with Crippen LogP contribution in [-0.2, 0) is 0 Å². The van der Waals surface area contributed by atoms with E-state index in [1.807, 2.05) is 41.3 Å². The van der Waals surface area contributed by atoms with Crippen LogP contribution in [0.3, 0.4) is 0 Å². The number of ether oxygens (including phenoxy) is 2. The molecule has 0 aliphatic carbocycles. The Morgan fingerprint density at radius 3 is 2.50 bits per heavy atom. The lowest BCUT2D eigenvalue weighted by molar-refractivity contribution is 0.171. The highest BCUT2D eigenvalue weighted by Gasteiger charge is 2.22. The summed E-state index contributed by atoms with van der Waals surface area (Å²) in [6, 6.07) is 13.1. The Kier molecular flexibility index (Phi) is 4.75. The summed E-state index contributed by atoms with van der Waals surface area (Å²) in [7, 11) is 0. The molecule has 2 heterocycles. The normalized spacial score (nSPS) is 16.3. The third-order valence-electron chi connectivity index (χ3n) is 4.53. The van der Waals surface area contributed by atoms with Crippen LogP contribution in [0.25, 0.3) is 0 Å². The van der Waals surface area contributed by atoms with Crippen molar-refractivity contribution in [2.45, 2.75) is 0 Å². The zero-order valence-corrected chi connectivity index (χ0v) is 15.0. The molecule has 0 spiro atoms. The topological polar surface area (TPSA) is 54.0 Å². The lowest BCUT2D eigenvalue weighted by atomic mass is 10.2. The van der Waals surface area contributed by atoms with Gasteiger partial charge in [0.15, 0.2) is 11.5 Å². The van der Waals surface area contributed by atoms with E-state index < -0.39 is 0 Å². The standard InChI is InChI=1S/C19H20ClN3O3/c20-14-2-1-3-16(12-14)22-6-8-23(9-7-22)19(24)21-15-4-5-17-18(13-15)26-11-10-25-17/h1-5,12-13H,6-11H2,(H,21,24). The largest absolute Gasteiger partial charge is 0.486 e. The molecule has 4 rings (SSSR count). The monoisotopic (exact) mass is 373 g/mol. The SMILES string of the molecule is O=C(Nc1ccc2c(c1)OCCO2)N1CCN(c2cccc(Cl)c2)CC1. The van der Waals surface area contributed by atoms with E-state index >= 15 is 0 Å². The molecule has 26 heavy (non-hydrogen) atoms. The molecule has 2 amide bonds. The van der Waals surface area contributed by atoms with Gasteiger partial charge in [0, 0.05) is 48.6 Å². The van der Waals surface area contributed by atoms with E-state index in [0.717, 1.165) is 23.8 Å². The van der Waals surface area contributed by atoms with Crippen LogP contribution in [0.4, 0.5) is 16.2 Å². The number of carbonyl (C=O) groups is 1. The highest BCUT2D eigenvalue weighted by atomic mass is 35.5. The van der Waals surface area contributed by atoms with Gasteiger partial charge in [-0.15, -0.1) is 0 Å². The maximum atomic E-state index is 12.5. The molecule has 2 aromatic carbocycles. The Hall–Kier alpha value is -2.60. The van der Waals surface area contributed by atoms with E-state index in [0.29, 0.717) is 43.5 Å². The first-order chi connectivity index (χ1) is 12.7. The van der Waals surface area contributed by atoms with Crippen molar-refractivity contribution >= 4 is 29.0 Å². The summed E-state index contributed by atoms with van der Waals surface area (Å²) >= 11 is 6.06. The van der Waals surface area contributed by atoms with Crippen molar-refractivity contribution in [2.24, 2.45) is 0 Å². The lowest BCUT2D eigenvalue weighted by Crippen LogP contribution is -2.50. The molecule has 1 N–H and O–H groups in total. The van der Waals surface area contributed by atoms with Crippen LogP contribution < -0.4 is 19.7 Å². The van der Waals surface area contributed by atoms with Crippen molar-refractivity contribution in [1.82, 2.24) is 4.90 Å². The highest BCUT2D eigenvalue weighted by Crippen LogP contribution is 2.32. The molecule has 136 valence electrons. The van der Waals surface area contributed by atoms with Crippen molar-refractivity contribution in [2.75, 3.05) is 49.6 Å². The molecule has 0 saturated carbocycles. The molecule has 6 nitrogen and oxygen atoms in total. The summed E-state index contributed by atoms with van der Waals surface area (Å²) < 4.78 is 11.1. The minimum absolute atomic E-state index is 0.104. The van der Waals surface area contributed by atoms with Crippen LogP contribution in [0.15, 0.2) is 42.5 Å². The fourth-order valence-corrected chi connectivity index (χ4v) is 3.35. The molecule has 1 fully saturated rings. The van der Waals surface area contributed by atoms with Gasteiger partial charge in [-0.25, -0.2) is 4.79 Å². The quantitative estimate of drug-likeness (QED) is 0.875. The molecular weight excluding hydrogens is 354 g/mol. The molecule has 0 radical (unpaired) electrons. The van der Waals surface area contributed by atoms with E-state index in [2.05, 4.69) is 10.2 Å². The van der Waals surface area contributed by atoms with Gasteiger partial charge >= 0.3 is 6.03 Å². The van der Waals surface area contributed by atoms with Gasteiger partial charge in [0.2, 0.25) is 0 Å². The summed E-state index contributed by atoms with van der Waals surface area (Å²) in [4.78, 5) is 16.6. The molecule has 0 bridgehead atoms. The van der Waals surface area contributed by atoms with Gasteiger partial charge in [-0.05, 0) is 30.3 Å². The van der Waals surface area contributed by atoms with E-state index in [9.17, 15) is 4.79 Å². The number of halogens is 1. The number of nitrogens with one attached hydrogen (secondary N) is 1. The van der Waals surface area contributed by atoms with Crippen molar-refractivity contribution in [3.63, 3.8) is 0 Å². The first kappa shape index (κ1) is 16.8. The van der Waals surface area contributed by atoms with Gasteiger partial charge in [0.25, 0.3) is 0 Å². The van der Waals surface area contributed by atoms with Crippen LogP contribution in [0, 0.1) is 0 Å². The first-order valence-corrected chi connectivity index (χ1v) is 9.03. The zero-order chi connectivity index (χ0) is 17.9. The predicted molar refractivity (Wildman–Crippen MR) is 102 cm³/mol. The maximum Gasteiger partial charge on any atom is 0.321 e. The predicted octanol–water partition coefficient (Wildman–Crippen LogP) is 3.47. The number of rotatable bonds is 2. The average molecular weight is 374 g/mol. The Balaban J connectivity index is 1.35. The van der Waals surface area contributed by atoms with Crippen LogP contribution in [0.1, 0.15) is 0 Å². The van der Waals surface area contributed by atoms with Gasteiger partial charge in [-0.3, -0.25) is 0 Å². The number of carbonyl (C=O) groups excluding carboxylic acids is 1. The smallest absolute Gasteiger partial charge is 0.321 e. The molecule has 2 aliphatic heterocycles. The summed E-state index contributed by atoms with van der Waals surface area (Å²) in [6.07, 6.45) is 0. The number of nitrogens with zero attached hydrogens (tertiary/aromatic N) is 2. The Morgan fingerprint density at radius 2 is 1.73 bits per heavy atom. The number of hydrogen-bond acceptors (Lipinski definition) is 4. The zero-order valence-electron chi connectivity index (χ0n) is 14.3. The average Bonchev–Trinajstić information content (AvgIpc) is 2.68. The highest BCUT2D eigenvalue weighted by molar-refractivity contribution is 6.30. The van der Waals surface area contributed by atoms with Gasteiger partial charge in [0.05, 0.1) is 0 Å². The van der Waals surface area contributed by atoms with Crippen LogP contribution in [0.5, 0.6) is 11.5 Å². The van der Waals surface area contributed by atoms with Gasteiger partial charge < -0.3 is 24.6 Å². The molecular formula is C19H20ClN3O3. The van der Waals surface area contributed by atoms with E-state index in [-0.39, 0.29) is 6.03 Å². The van der Waals surface area contributed by atoms with Gasteiger partial charge in [-0.2, -0.15) is 0 Å². The number of fused-ring (bicyclic) bond motifs is 1. The van der Waals surface area contributed by atoms with Gasteiger partial charge in [-0.1, -0.05) is 17.7 Å². The molecule has 7 heteroatoms. The van der Waals surface area contributed by atoms with Crippen molar-refractivity contribution < 1.29 is 14.3 Å². The number of piperazine rings is 1. The minimum atomic E-state index is -0.104. The molecule has 0 aromatic heterocycles. The summed E-state index contributed by atoms with van der Waals surface area (Å²) in [5, 5.41) is 3.66. The van der Waals surface area contributed by atoms with E-state index in [4.69, 9.17) is 21.1 Å². The third-order valence-corrected chi connectivity index (χ3v) is 4.77. The van der Waals surface area contributed by atoms with Crippen molar-refractivity contribution in [3.05, 3.63) is 47.5 Å². The van der Waals surface area contributed by atoms with E-state index in [1.54, 1.807) is 6.07 Å². The maximum absolute atomic E-state index is 12.5. The first-order valence-electron chi connectivity index (χ1n) is 8.65. The van der Waals surface area contributed by atoms with E-state index in [1.165, 1.54) is 0 Å². The minimum Gasteiger partial charge on any atom is -0.486 e. The number of amides is 2. The second kappa shape index (κ2) is 7.33. The van der Waals surface area contributed by atoms with Crippen molar-refractivity contribution in [3.8, 4) is 11.5 Å². The molecule has 2 aromatic rings. The van der Waals surface area contributed by atoms with Crippen LogP contribution >= 0.6 is 11.6 Å². The second-order valence-corrected chi connectivity index (χ2v) is 6.68. The van der Waals surface area contributed by atoms with Gasteiger partial charge in [0.1, 0.15) is 13.2 Å². The number of urea groups is 1. The number of hydrogen-bond donors (Lipinski definition) is 1. The summed E-state index contributed by atoms with van der Waals surface area (Å²) in [5.41, 5.74) is 1.79. The summed E-state index contributed by atoms with van der Waals surface area (Å²) in [6.45, 7) is 3.93. The third kappa shape index (κ3) is 3.65. The van der Waals surface area contributed by atoms with Crippen molar-refractivity contribution in [1.29, 1.82) is 0 Å². The molecule has 0 unspecified atom stereocenters. The summed E-state index contributed by atoms with van der Waals surface area (Å²) in [5.74, 6) is 1.38. The Morgan fingerprint density at radius 1 is 0.962 bits per heavy atom. The lowest BCUT2D eigenvalue weighted by Gasteiger charge is -2.36. The Bertz CT molecular complexity index is 806. The second-order valence-electron chi connectivity index (χ2n) is 6.24. The number of benzene rings is 2. The van der Waals surface area contributed by atoms with Crippen LogP contribution in [-0.4, -0.2) is 50.3 Å². The molecule has 1 saturated heterocycles. The fourth-order valence-electron chi connectivity index (χ4n) is 3.16. The molecule has 2 aliphatic rings. The number of anilines is 2.